The Bertz CT molecular complexity index is 1150. The molecule has 2 unspecified atom stereocenters. The van der Waals surface area contributed by atoms with Crippen molar-refractivity contribution >= 4 is 11.9 Å². The van der Waals surface area contributed by atoms with Crippen LogP contribution in [-0.4, -0.2) is 47.4 Å². The van der Waals surface area contributed by atoms with Gasteiger partial charge < -0.3 is 20.3 Å². The van der Waals surface area contributed by atoms with E-state index in [1.54, 1.807) is 6.08 Å². The SMILES string of the molecule is CCCCCCCC/C=C\CCCCCCCC(=O)OCCCCCCCCCCCCCC/C=C\CCCCCCCCCCC(=O)NC(CO)C(O)/C=C/CCCCCCCCCCCCCCC. The zero-order valence-electron chi connectivity index (χ0n) is 47.7. The van der Waals surface area contributed by atoms with E-state index in [-0.39, 0.29) is 18.5 Å². The largest absolute Gasteiger partial charge is 0.466 e. The Labute approximate surface area is 443 Å². The number of allylic oxidation sites excluding steroid dienone is 5. The highest BCUT2D eigenvalue weighted by atomic mass is 16.5. The number of aliphatic hydroxyl groups excluding tert-OH is 2. The molecule has 3 N–H and O–H groups in total. The molecule has 0 saturated heterocycles. The Balaban J connectivity index is 3.42. The van der Waals surface area contributed by atoms with Gasteiger partial charge in [-0.15, -0.1) is 0 Å². The van der Waals surface area contributed by atoms with Crippen LogP contribution >= 0.6 is 0 Å². The van der Waals surface area contributed by atoms with Crippen molar-refractivity contribution in [1.29, 1.82) is 0 Å². The zero-order chi connectivity index (χ0) is 51.4. The molecule has 0 radical (unpaired) electrons. The third-order valence-corrected chi connectivity index (χ3v) is 14.6. The van der Waals surface area contributed by atoms with Crippen molar-refractivity contribution in [3.63, 3.8) is 0 Å². The predicted molar refractivity (Wildman–Crippen MR) is 310 cm³/mol. The first-order valence-electron chi connectivity index (χ1n) is 31.8. The zero-order valence-corrected chi connectivity index (χ0v) is 47.7. The molecule has 6 heteroatoms. The molecule has 0 aromatic heterocycles. The number of carbonyl (C=O) groups is 2. The predicted octanol–water partition coefficient (Wildman–Crippen LogP) is 20.0. The van der Waals surface area contributed by atoms with Gasteiger partial charge in [-0.2, -0.15) is 0 Å². The molecular weight excluding hydrogens is 875 g/mol. The minimum atomic E-state index is -0.847. The Morgan fingerprint density at radius 3 is 1.00 bits per heavy atom. The minimum absolute atomic E-state index is 0.00415. The maximum absolute atomic E-state index is 12.5. The van der Waals surface area contributed by atoms with Crippen LogP contribution in [0.5, 0.6) is 0 Å². The number of ether oxygens (including phenoxy) is 1. The molecule has 0 aliphatic heterocycles. The third-order valence-electron chi connectivity index (χ3n) is 14.6. The van der Waals surface area contributed by atoms with Crippen LogP contribution in [-0.2, 0) is 14.3 Å². The number of esters is 1. The molecule has 0 bridgehead atoms. The summed E-state index contributed by atoms with van der Waals surface area (Å²) in [5, 5.41) is 23.1. The van der Waals surface area contributed by atoms with Gasteiger partial charge in [0, 0.05) is 12.8 Å². The lowest BCUT2D eigenvalue weighted by atomic mass is 10.0. The summed E-state index contributed by atoms with van der Waals surface area (Å²) in [5.41, 5.74) is 0. The van der Waals surface area contributed by atoms with Crippen molar-refractivity contribution in [3.05, 3.63) is 36.5 Å². The Morgan fingerprint density at radius 1 is 0.380 bits per heavy atom. The highest BCUT2D eigenvalue weighted by Gasteiger charge is 2.18. The number of hydrogen-bond donors (Lipinski definition) is 3. The average Bonchev–Trinajstić information content (AvgIpc) is 3.37. The van der Waals surface area contributed by atoms with E-state index < -0.39 is 12.1 Å². The molecule has 1 amide bonds. The van der Waals surface area contributed by atoms with Crippen molar-refractivity contribution in [3.8, 4) is 0 Å². The minimum Gasteiger partial charge on any atom is -0.466 e. The van der Waals surface area contributed by atoms with E-state index in [0.717, 1.165) is 44.9 Å². The first-order chi connectivity index (χ1) is 35.0. The summed E-state index contributed by atoms with van der Waals surface area (Å²) in [6, 6.07) is -0.631. The van der Waals surface area contributed by atoms with Crippen LogP contribution in [0.15, 0.2) is 36.5 Å². The molecule has 0 saturated carbocycles. The molecule has 0 aliphatic rings. The van der Waals surface area contributed by atoms with Crippen molar-refractivity contribution in [2.45, 2.75) is 353 Å². The summed E-state index contributed by atoms with van der Waals surface area (Å²) in [5.74, 6) is -0.0673. The van der Waals surface area contributed by atoms with Crippen molar-refractivity contribution in [2.24, 2.45) is 0 Å². The lowest BCUT2D eigenvalue weighted by Crippen LogP contribution is -2.45. The second-order valence-electron chi connectivity index (χ2n) is 21.7. The smallest absolute Gasteiger partial charge is 0.305 e. The topological polar surface area (TPSA) is 95.9 Å². The Kier molecular flexibility index (Phi) is 59.0. The molecule has 2 atom stereocenters. The van der Waals surface area contributed by atoms with Gasteiger partial charge in [0.15, 0.2) is 0 Å². The molecule has 0 rings (SSSR count). The van der Waals surface area contributed by atoms with Crippen LogP contribution in [0.3, 0.4) is 0 Å². The lowest BCUT2D eigenvalue weighted by molar-refractivity contribution is -0.143. The van der Waals surface area contributed by atoms with E-state index in [4.69, 9.17) is 4.74 Å². The van der Waals surface area contributed by atoms with Crippen LogP contribution < -0.4 is 5.32 Å². The van der Waals surface area contributed by atoms with Gasteiger partial charge in [-0.25, -0.2) is 0 Å². The number of carbonyl (C=O) groups excluding carboxylic acids is 2. The fraction of sp³-hybridized carbons (Fsp3) is 0.877. The van der Waals surface area contributed by atoms with Crippen LogP contribution in [0.1, 0.15) is 341 Å². The van der Waals surface area contributed by atoms with Gasteiger partial charge in [0.25, 0.3) is 0 Å². The number of nitrogens with one attached hydrogen (secondary N) is 1. The van der Waals surface area contributed by atoms with E-state index in [1.165, 1.54) is 270 Å². The fourth-order valence-electron chi connectivity index (χ4n) is 9.74. The van der Waals surface area contributed by atoms with Crippen molar-refractivity contribution in [1.82, 2.24) is 5.32 Å². The summed E-state index contributed by atoms with van der Waals surface area (Å²) in [6.45, 7) is 4.91. The van der Waals surface area contributed by atoms with Crippen LogP contribution in [0.2, 0.25) is 0 Å². The van der Waals surface area contributed by atoms with Gasteiger partial charge in [0.1, 0.15) is 0 Å². The molecule has 71 heavy (non-hydrogen) atoms. The lowest BCUT2D eigenvalue weighted by Gasteiger charge is -2.20. The van der Waals surface area contributed by atoms with Gasteiger partial charge in [-0.1, -0.05) is 281 Å². The monoisotopic (exact) mass is 998 g/mol. The van der Waals surface area contributed by atoms with Gasteiger partial charge in [0.2, 0.25) is 5.91 Å². The number of unbranched alkanes of at least 4 members (excludes halogenated alkanes) is 44. The number of rotatable bonds is 59. The number of amides is 1. The van der Waals surface area contributed by atoms with Crippen LogP contribution in [0, 0.1) is 0 Å². The van der Waals surface area contributed by atoms with Crippen LogP contribution in [0.25, 0.3) is 0 Å². The van der Waals surface area contributed by atoms with Crippen molar-refractivity contribution < 1.29 is 24.5 Å². The molecule has 418 valence electrons. The van der Waals surface area contributed by atoms with E-state index in [2.05, 4.69) is 43.5 Å². The second-order valence-corrected chi connectivity index (χ2v) is 21.7. The molecule has 0 aliphatic carbocycles. The summed E-state index contributed by atoms with van der Waals surface area (Å²) in [7, 11) is 0. The summed E-state index contributed by atoms with van der Waals surface area (Å²) in [4.78, 5) is 24.5. The molecule has 6 nitrogen and oxygen atoms in total. The highest BCUT2D eigenvalue weighted by Crippen LogP contribution is 2.17. The molecule has 0 heterocycles. The molecule has 0 aromatic carbocycles. The number of aliphatic hydroxyl groups is 2. The van der Waals surface area contributed by atoms with Gasteiger partial charge in [-0.05, 0) is 83.5 Å². The normalized spacial score (nSPS) is 12.8. The maximum Gasteiger partial charge on any atom is 0.305 e. The molecule has 0 aromatic rings. The summed E-state index contributed by atoms with van der Waals surface area (Å²) >= 11 is 0. The van der Waals surface area contributed by atoms with E-state index >= 15 is 0 Å². The van der Waals surface area contributed by atoms with E-state index in [9.17, 15) is 19.8 Å². The maximum atomic E-state index is 12.5. The molecule has 0 fully saturated rings. The first kappa shape index (κ1) is 69.1. The van der Waals surface area contributed by atoms with E-state index in [0.29, 0.717) is 19.4 Å². The van der Waals surface area contributed by atoms with Gasteiger partial charge in [0.05, 0.1) is 25.4 Å². The van der Waals surface area contributed by atoms with Crippen LogP contribution in [0.4, 0.5) is 0 Å². The highest BCUT2D eigenvalue weighted by molar-refractivity contribution is 5.76. The summed E-state index contributed by atoms with van der Waals surface area (Å²) < 4.78 is 5.48. The van der Waals surface area contributed by atoms with Crippen molar-refractivity contribution in [2.75, 3.05) is 13.2 Å². The Hall–Kier alpha value is -1.92. The Morgan fingerprint density at radius 2 is 0.662 bits per heavy atom. The third kappa shape index (κ3) is 57.2. The first-order valence-corrected chi connectivity index (χ1v) is 31.8. The van der Waals surface area contributed by atoms with Gasteiger partial charge >= 0.3 is 5.97 Å². The van der Waals surface area contributed by atoms with E-state index in [1.807, 2.05) is 6.08 Å². The summed E-state index contributed by atoms with van der Waals surface area (Å²) in [6.07, 6.45) is 76.2. The second kappa shape index (κ2) is 60.6. The standard InChI is InChI=1S/C65H123NO5/c1-3-5-7-9-11-13-15-17-29-33-37-41-45-49-53-57-63(68)62(61-67)66-64(69)58-54-50-46-42-38-34-31-27-25-23-21-19-20-22-24-26-28-32-36-40-44-48-52-56-60-71-65(70)59-55-51-47-43-39-35-30-18-16-14-12-10-8-6-4-2/h18,21,23,30,53,57,62-63,67-68H,3-17,19-20,22,24-29,31-52,54-56,58-61H2,1-2H3,(H,66,69)/b23-21-,30-18-,57-53+. The molecular formula is C65H123NO5. The quantitative estimate of drug-likeness (QED) is 0.0321. The molecule has 0 spiro atoms. The fourth-order valence-corrected chi connectivity index (χ4v) is 9.74. The average molecular weight is 999 g/mol. The van der Waals surface area contributed by atoms with Gasteiger partial charge in [-0.3, -0.25) is 9.59 Å². The number of hydrogen-bond acceptors (Lipinski definition) is 5.